The molecule has 1 aliphatic heterocycles. The largest absolute Gasteiger partial charge is 0.342 e. The van der Waals surface area contributed by atoms with Crippen molar-refractivity contribution in [3.63, 3.8) is 0 Å². The van der Waals surface area contributed by atoms with Gasteiger partial charge in [0.25, 0.3) is 0 Å². The number of likely N-dealkylation sites (tertiary alicyclic amines) is 1. The van der Waals surface area contributed by atoms with Gasteiger partial charge in [0.05, 0.1) is 5.92 Å². The molecule has 0 aromatic heterocycles. The maximum Gasteiger partial charge on any atom is 0.229 e. The van der Waals surface area contributed by atoms with E-state index in [1.165, 1.54) is 0 Å². The van der Waals surface area contributed by atoms with Crippen LogP contribution in [0, 0.1) is 5.92 Å². The van der Waals surface area contributed by atoms with Crippen LogP contribution in [0.3, 0.4) is 0 Å². The maximum atomic E-state index is 12.3. The Hall–Kier alpha value is -1.31. The number of piperidine rings is 1. The van der Waals surface area contributed by atoms with E-state index in [-0.39, 0.29) is 11.8 Å². The van der Waals surface area contributed by atoms with Crippen molar-refractivity contribution in [3.05, 3.63) is 35.9 Å². The number of benzene rings is 1. The van der Waals surface area contributed by atoms with Crippen LogP contribution < -0.4 is 0 Å². The minimum Gasteiger partial charge on any atom is -0.342 e. The van der Waals surface area contributed by atoms with Gasteiger partial charge in [0, 0.05) is 13.1 Å². The van der Waals surface area contributed by atoms with Crippen LogP contribution in [0.1, 0.15) is 38.2 Å². The van der Waals surface area contributed by atoms with Crippen molar-refractivity contribution in [2.75, 3.05) is 13.1 Å². The van der Waals surface area contributed by atoms with Gasteiger partial charge in [0.15, 0.2) is 0 Å². The fourth-order valence-corrected chi connectivity index (χ4v) is 2.39. The van der Waals surface area contributed by atoms with E-state index in [1.807, 2.05) is 42.2 Å². The molecule has 0 unspecified atom stereocenters. The van der Waals surface area contributed by atoms with Crippen molar-refractivity contribution in [1.82, 2.24) is 4.90 Å². The molecule has 1 amide bonds. The second kappa shape index (κ2) is 5.35. The van der Waals surface area contributed by atoms with E-state index < -0.39 is 0 Å². The summed E-state index contributed by atoms with van der Waals surface area (Å²) in [5.41, 5.74) is 1.12. The quantitative estimate of drug-likeness (QED) is 0.766. The summed E-state index contributed by atoms with van der Waals surface area (Å²) in [5, 5.41) is 0. The zero-order chi connectivity index (χ0) is 12.3. The van der Waals surface area contributed by atoms with E-state index in [1.54, 1.807) is 0 Å². The van der Waals surface area contributed by atoms with E-state index >= 15 is 0 Å². The van der Waals surface area contributed by atoms with Crippen LogP contribution in [0.2, 0.25) is 0 Å². The molecular weight excluding hydrogens is 210 g/mol. The molecule has 92 valence electrons. The summed E-state index contributed by atoms with van der Waals surface area (Å²) >= 11 is 0. The number of nitrogens with zero attached hydrogens (tertiary/aromatic N) is 1. The molecule has 1 aromatic rings. The first-order chi connectivity index (χ1) is 8.18. The highest BCUT2D eigenvalue weighted by Gasteiger charge is 2.24. The summed E-state index contributed by atoms with van der Waals surface area (Å²) in [4.78, 5) is 14.4. The van der Waals surface area contributed by atoms with Crippen LogP contribution in [0.25, 0.3) is 0 Å². The molecule has 17 heavy (non-hydrogen) atoms. The topological polar surface area (TPSA) is 20.3 Å². The molecule has 2 rings (SSSR count). The summed E-state index contributed by atoms with van der Waals surface area (Å²) in [6.45, 7) is 6.13. The van der Waals surface area contributed by atoms with Gasteiger partial charge in [-0.15, -0.1) is 0 Å². The molecular formula is C15H21NO. The Morgan fingerprint density at radius 1 is 1.24 bits per heavy atom. The fraction of sp³-hybridized carbons (Fsp3) is 0.533. The Bertz CT molecular complexity index is 366. The summed E-state index contributed by atoms with van der Waals surface area (Å²) in [6.07, 6.45) is 2.29. The number of amides is 1. The third-order valence-electron chi connectivity index (χ3n) is 3.77. The molecule has 1 heterocycles. The third-order valence-corrected chi connectivity index (χ3v) is 3.77. The number of hydrogen-bond donors (Lipinski definition) is 0. The van der Waals surface area contributed by atoms with Crippen LogP contribution in [0.4, 0.5) is 0 Å². The van der Waals surface area contributed by atoms with Gasteiger partial charge >= 0.3 is 0 Å². The predicted octanol–water partition coefficient (Wildman–Crippen LogP) is 3.05. The SMILES string of the molecule is CC1CCN(C(=O)[C@@H](C)c2ccccc2)CC1. The Kier molecular flexibility index (Phi) is 3.82. The molecule has 0 saturated carbocycles. The summed E-state index contributed by atoms with van der Waals surface area (Å²) in [7, 11) is 0. The molecule has 0 spiro atoms. The molecule has 1 fully saturated rings. The van der Waals surface area contributed by atoms with Gasteiger partial charge in [-0.05, 0) is 31.2 Å². The van der Waals surface area contributed by atoms with Gasteiger partial charge in [0.2, 0.25) is 5.91 Å². The number of hydrogen-bond acceptors (Lipinski definition) is 1. The van der Waals surface area contributed by atoms with Crippen molar-refractivity contribution in [2.45, 2.75) is 32.6 Å². The fourth-order valence-electron chi connectivity index (χ4n) is 2.39. The third kappa shape index (κ3) is 2.87. The highest BCUT2D eigenvalue weighted by molar-refractivity contribution is 5.83. The average molecular weight is 231 g/mol. The van der Waals surface area contributed by atoms with Crippen molar-refractivity contribution >= 4 is 5.91 Å². The van der Waals surface area contributed by atoms with Crippen LogP contribution in [0.5, 0.6) is 0 Å². The summed E-state index contributed by atoms with van der Waals surface area (Å²) in [5.74, 6) is 1.04. The molecule has 1 saturated heterocycles. The van der Waals surface area contributed by atoms with Crippen molar-refractivity contribution < 1.29 is 4.79 Å². The van der Waals surface area contributed by atoms with Crippen LogP contribution >= 0.6 is 0 Å². The highest BCUT2D eigenvalue weighted by atomic mass is 16.2. The van der Waals surface area contributed by atoms with E-state index in [9.17, 15) is 4.79 Å². The first kappa shape index (κ1) is 12.2. The molecule has 1 aliphatic rings. The van der Waals surface area contributed by atoms with Gasteiger partial charge in [0.1, 0.15) is 0 Å². The van der Waals surface area contributed by atoms with Gasteiger partial charge in [-0.2, -0.15) is 0 Å². The standard InChI is InChI=1S/C15H21NO/c1-12-8-10-16(11-9-12)15(17)13(2)14-6-4-3-5-7-14/h3-7,12-13H,8-11H2,1-2H3/t13-/m0/s1. The van der Waals surface area contributed by atoms with E-state index in [0.717, 1.165) is 37.4 Å². The summed E-state index contributed by atoms with van der Waals surface area (Å²) in [6, 6.07) is 10.1. The lowest BCUT2D eigenvalue weighted by Gasteiger charge is -2.32. The van der Waals surface area contributed by atoms with Crippen molar-refractivity contribution in [3.8, 4) is 0 Å². The molecule has 2 nitrogen and oxygen atoms in total. The summed E-state index contributed by atoms with van der Waals surface area (Å²) < 4.78 is 0. The normalized spacial score (nSPS) is 19.1. The van der Waals surface area contributed by atoms with Gasteiger partial charge in [-0.1, -0.05) is 37.3 Å². The molecule has 0 aliphatic carbocycles. The Morgan fingerprint density at radius 3 is 2.41 bits per heavy atom. The molecule has 0 bridgehead atoms. The zero-order valence-electron chi connectivity index (χ0n) is 10.7. The minimum absolute atomic E-state index is 0.00962. The van der Waals surface area contributed by atoms with Crippen LogP contribution in [-0.4, -0.2) is 23.9 Å². The van der Waals surface area contributed by atoms with Gasteiger partial charge in [-0.3, -0.25) is 4.79 Å². The van der Waals surface area contributed by atoms with Gasteiger partial charge < -0.3 is 4.90 Å². The van der Waals surface area contributed by atoms with Crippen molar-refractivity contribution in [2.24, 2.45) is 5.92 Å². The predicted molar refractivity (Wildman–Crippen MR) is 69.8 cm³/mol. The van der Waals surface area contributed by atoms with Crippen LogP contribution in [-0.2, 0) is 4.79 Å². The first-order valence-corrected chi connectivity index (χ1v) is 6.52. The lowest BCUT2D eigenvalue weighted by atomic mass is 9.95. The number of carbonyl (C=O) groups excluding carboxylic acids is 1. The zero-order valence-corrected chi connectivity index (χ0v) is 10.7. The molecule has 2 heteroatoms. The maximum absolute atomic E-state index is 12.3. The first-order valence-electron chi connectivity index (χ1n) is 6.52. The Morgan fingerprint density at radius 2 is 1.82 bits per heavy atom. The van der Waals surface area contributed by atoms with E-state index in [0.29, 0.717) is 0 Å². The number of rotatable bonds is 2. The second-order valence-electron chi connectivity index (χ2n) is 5.14. The molecule has 1 atom stereocenters. The monoisotopic (exact) mass is 231 g/mol. The Balaban J connectivity index is 2.00. The minimum atomic E-state index is -0.00962. The van der Waals surface area contributed by atoms with E-state index in [2.05, 4.69) is 6.92 Å². The van der Waals surface area contributed by atoms with Crippen LogP contribution in [0.15, 0.2) is 30.3 Å². The average Bonchev–Trinajstić information content (AvgIpc) is 2.39. The van der Waals surface area contributed by atoms with E-state index in [4.69, 9.17) is 0 Å². The molecule has 0 N–H and O–H groups in total. The lowest BCUT2D eigenvalue weighted by molar-refractivity contribution is -0.133. The molecule has 1 aromatic carbocycles. The lowest BCUT2D eigenvalue weighted by Crippen LogP contribution is -2.40. The Labute approximate surface area is 104 Å². The highest BCUT2D eigenvalue weighted by Crippen LogP contribution is 2.22. The van der Waals surface area contributed by atoms with Crippen molar-refractivity contribution in [1.29, 1.82) is 0 Å². The smallest absolute Gasteiger partial charge is 0.229 e. The number of carbonyl (C=O) groups is 1. The second-order valence-corrected chi connectivity index (χ2v) is 5.14. The molecule has 0 radical (unpaired) electrons. The van der Waals surface area contributed by atoms with Gasteiger partial charge in [-0.25, -0.2) is 0 Å².